The molecule has 0 bridgehead atoms. The normalized spacial score (nSPS) is 18.9. The molecule has 10 heteroatoms. The lowest BCUT2D eigenvalue weighted by atomic mass is 10.0. The summed E-state index contributed by atoms with van der Waals surface area (Å²) in [6.45, 7) is 7.30. The summed E-state index contributed by atoms with van der Waals surface area (Å²) in [5, 5.41) is 3.35. The van der Waals surface area contributed by atoms with Gasteiger partial charge in [0.05, 0.1) is 22.2 Å². The van der Waals surface area contributed by atoms with E-state index in [1.807, 2.05) is 0 Å². The Bertz CT molecular complexity index is 994. The van der Waals surface area contributed by atoms with Crippen molar-refractivity contribution in [2.45, 2.75) is 43.8 Å². The highest BCUT2D eigenvalue weighted by Crippen LogP contribution is 2.34. The van der Waals surface area contributed by atoms with E-state index in [0.29, 0.717) is 17.4 Å². The highest BCUT2D eigenvalue weighted by Gasteiger charge is 2.37. The molecule has 1 fully saturated rings. The zero-order valence-corrected chi connectivity index (χ0v) is 17.8. The summed E-state index contributed by atoms with van der Waals surface area (Å²) in [4.78, 5) is 6.54. The quantitative estimate of drug-likeness (QED) is 0.740. The molecule has 1 saturated heterocycles. The highest BCUT2D eigenvalue weighted by molar-refractivity contribution is 7.92. The van der Waals surface area contributed by atoms with Gasteiger partial charge in [-0.3, -0.25) is 4.72 Å². The number of benzene rings is 1. The highest BCUT2D eigenvalue weighted by atomic mass is 32.2. The van der Waals surface area contributed by atoms with Crippen molar-refractivity contribution >= 4 is 21.5 Å². The summed E-state index contributed by atoms with van der Waals surface area (Å²) < 4.78 is 66.4. The Hall–Kier alpha value is -2.33. The van der Waals surface area contributed by atoms with E-state index >= 15 is 0 Å². The van der Waals surface area contributed by atoms with Crippen LogP contribution in [0.15, 0.2) is 41.3 Å². The van der Waals surface area contributed by atoms with Crippen molar-refractivity contribution in [2.75, 3.05) is 29.3 Å². The maximum atomic E-state index is 12.8. The smallest absolute Gasteiger partial charge is 0.354 e. The van der Waals surface area contributed by atoms with Crippen LogP contribution in [0.2, 0.25) is 0 Å². The van der Waals surface area contributed by atoms with Crippen LogP contribution in [-0.4, -0.2) is 45.3 Å². The maximum absolute atomic E-state index is 12.8. The van der Waals surface area contributed by atoms with Gasteiger partial charge in [0.1, 0.15) is 5.82 Å². The van der Waals surface area contributed by atoms with Gasteiger partial charge < -0.3 is 10.2 Å². The Morgan fingerprint density at radius 1 is 1.20 bits per heavy atom. The van der Waals surface area contributed by atoms with Gasteiger partial charge in [0.2, 0.25) is 0 Å². The summed E-state index contributed by atoms with van der Waals surface area (Å²) in [5.41, 5.74) is 0.855. The van der Waals surface area contributed by atoms with Gasteiger partial charge in [-0.25, -0.2) is 13.4 Å². The van der Waals surface area contributed by atoms with Crippen molar-refractivity contribution in [3.8, 4) is 0 Å². The molecule has 2 N–H and O–H groups in total. The number of nitrogens with one attached hydrogen (secondary N) is 2. The van der Waals surface area contributed by atoms with Crippen molar-refractivity contribution in [2.24, 2.45) is 0 Å². The predicted octanol–water partition coefficient (Wildman–Crippen LogP) is 3.65. The van der Waals surface area contributed by atoms with E-state index in [1.165, 1.54) is 24.3 Å². The maximum Gasteiger partial charge on any atom is 0.395 e. The number of sulfonamides is 1. The summed E-state index contributed by atoms with van der Waals surface area (Å²) >= 11 is 0. The average molecular weight is 443 g/mol. The first-order chi connectivity index (χ1) is 14.0. The fraction of sp³-hybridized carbons (Fsp3) is 0.450. The van der Waals surface area contributed by atoms with Gasteiger partial charge in [0.15, 0.2) is 0 Å². The van der Waals surface area contributed by atoms with Crippen LogP contribution >= 0.6 is 0 Å². The van der Waals surface area contributed by atoms with E-state index in [1.54, 1.807) is 19.1 Å². The zero-order chi connectivity index (χ0) is 22.1. The van der Waals surface area contributed by atoms with Gasteiger partial charge in [-0.1, -0.05) is 12.1 Å². The number of alkyl halides is 3. The minimum absolute atomic E-state index is 0.00824. The number of anilines is 2. The standard InChI is InChI=1S/C20H25F3N4O2S/c1-13-12-27(11-10-24-13)19-9-8-18(15(3)25-19)26-30(28,29)17-6-4-16(5-7-17)14(2)20(21,22)23/h4-9,13-14,24,26H,10-12H2,1-3H3/t13?,14-/m0/s1. The Labute approximate surface area is 174 Å². The average Bonchev–Trinajstić information content (AvgIpc) is 2.68. The largest absolute Gasteiger partial charge is 0.395 e. The SMILES string of the molecule is Cc1nc(N2CCNC(C)C2)ccc1NS(=O)(=O)c1ccc([C@H](C)C(F)(F)F)cc1. The lowest BCUT2D eigenvalue weighted by Gasteiger charge is -2.33. The van der Waals surface area contributed by atoms with Crippen LogP contribution in [0, 0.1) is 6.92 Å². The van der Waals surface area contributed by atoms with Gasteiger partial charge in [-0.05, 0) is 50.6 Å². The summed E-state index contributed by atoms with van der Waals surface area (Å²) in [5.74, 6) is -0.900. The molecule has 164 valence electrons. The zero-order valence-electron chi connectivity index (χ0n) is 17.0. The monoisotopic (exact) mass is 442 g/mol. The van der Waals surface area contributed by atoms with Crippen molar-refractivity contribution in [1.29, 1.82) is 0 Å². The molecule has 1 aliphatic heterocycles. The molecule has 0 amide bonds. The molecule has 2 heterocycles. The van der Waals surface area contributed by atoms with E-state index in [0.717, 1.165) is 32.4 Å². The van der Waals surface area contributed by atoms with Crippen LogP contribution < -0.4 is 14.9 Å². The molecular formula is C20H25F3N4O2S. The van der Waals surface area contributed by atoms with Crippen molar-refractivity contribution in [1.82, 2.24) is 10.3 Å². The fourth-order valence-electron chi connectivity index (χ4n) is 3.30. The van der Waals surface area contributed by atoms with Crippen LogP contribution in [0.3, 0.4) is 0 Å². The number of rotatable bonds is 5. The molecule has 2 atom stereocenters. The summed E-state index contributed by atoms with van der Waals surface area (Å²) in [6, 6.07) is 8.48. The molecule has 0 spiro atoms. The molecule has 1 aliphatic rings. The van der Waals surface area contributed by atoms with Gasteiger partial charge in [0.25, 0.3) is 10.0 Å². The van der Waals surface area contributed by atoms with Crippen molar-refractivity contribution < 1.29 is 21.6 Å². The minimum atomic E-state index is -4.38. The molecule has 1 aromatic carbocycles. The van der Waals surface area contributed by atoms with E-state index in [-0.39, 0.29) is 10.5 Å². The first-order valence-corrected chi connectivity index (χ1v) is 11.1. The summed E-state index contributed by atoms with van der Waals surface area (Å²) in [6.07, 6.45) is -4.38. The topological polar surface area (TPSA) is 74.3 Å². The van der Waals surface area contributed by atoms with Crippen LogP contribution in [0.1, 0.15) is 31.0 Å². The number of halogens is 3. The molecule has 30 heavy (non-hydrogen) atoms. The second-order valence-electron chi connectivity index (χ2n) is 7.54. The molecule has 0 radical (unpaired) electrons. The molecule has 0 aliphatic carbocycles. The van der Waals surface area contributed by atoms with E-state index in [9.17, 15) is 21.6 Å². The molecule has 6 nitrogen and oxygen atoms in total. The van der Waals surface area contributed by atoms with Gasteiger partial charge in [0, 0.05) is 25.7 Å². The third-order valence-electron chi connectivity index (χ3n) is 5.19. The second kappa shape index (κ2) is 8.43. The first kappa shape index (κ1) is 22.4. The molecule has 0 saturated carbocycles. The molecule has 2 aromatic rings. The Balaban J connectivity index is 1.76. The van der Waals surface area contributed by atoms with Gasteiger partial charge in [-0.15, -0.1) is 0 Å². The van der Waals surface area contributed by atoms with E-state index < -0.39 is 22.1 Å². The number of nitrogens with zero attached hydrogens (tertiary/aromatic N) is 2. The van der Waals surface area contributed by atoms with Crippen LogP contribution in [-0.2, 0) is 10.0 Å². The number of aryl methyl sites for hydroxylation is 1. The third kappa shape index (κ3) is 5.04. The van der Waals surface area contributed by atoms with Gasteiger partial charge in [-0.2, -0.15) is 13.2 Å². The van der Waals surface area contributed by atoms with Crippen molar-refractivity contribution in [3.63, 3.8) is 0 Å². The number of hydrogen-bond donors (Lipinski definition) is 2. The third-order valence-corrected chi connectivity index (χ3v) is 6.57. The Kier molecular flexibility index (Phi) is 6.28. The van der Waals surface area contributed by atoms with E-state index in [2.05, 4.69) is 26.8 Å². The number of pyridine rings is 1. The Morgan fingerprint density at radius 2 is 1.87 bits per heavy atom. The lowest BCUT2D eigenvalue weighted by molar-refractivity contribution is -0.146. The summed E-state index contributed by atoms with van der Waals surface area (Å²) in [7, 11) is -3.96. The first-order valence-electron chi connectivity index (χ1n) is 9.63. The molecular weight excluding hydrogens is 417 g/mol. The number of piperazine rings is 1. The predicted molar refractivity (Wildman–Crippen MR) is 110 cm³/mol. The number of hydrogen-bond acceptors (Lipinski definition) is 5. The molecule has 1 aromatic heterocycles. The van der Waals surface area contributed by atoms with Crippen molar-refractivity contribution in [3.05, 3.63) is 47.7 Å². The minimum Gasteiger partial charge on any atom is -0.354 e. The molecule has 1 unspecified atom stereocenters. The van der Waals surface area contributed by atoms with Crippen LogP contribution in [0.25, 0.3) is 0 Å². The Morgan fingerprint density at radius 3 is 2.43 bits per heavy atom. The van der Waals surface area contributed by atoms with Crippen LogP contribution in [0.4, 0.5) is 24.7 Å². The number of aromatic nitrogens is 1. The van der Waals surface area contributed by atoms with Gasteiger partial charge >= 0.3 is 6.18 Å². The lowest BCUT2D eigenvalue weighted by Crippen LogP contribution is -2.49. The second-order valence-corrected chi connectivity index (χ2v) is 9.22. The molecule has 3 rings (SSSR count). The van der Waals surface area contributed by atoms with E-state index in [4.69, 9.17) is 0 Å². The van der Waals surface area contributed by atoms with Crippen LogP contribution in [0.5, 0.6) is 0 Å². The fourth-order valence-corrected chi connectivity index (χ4v) is 4.42.